The van der Waals surface area contributed by atoms with E-state index in [2.05, 4.69) is 10.3 Å². The van der Waals surface area contributed by atoms with Crippen LogP contribution in [0, 0.1) is 5.82 Å². The third-order valence-corrected chi connectivity index (χ3v) is 2.87. The molecule has 0 saturated carbocycles. The number of nitrogens with one attached hydrogen (secondary N) is 1. The summed E-state index contributed by atoms with van der Waals surface area (Å²) in [6, 6.07) is 0.793. The number of piperidine rings is 1. The van der Waals surface area contributed by atoms with Crippen LogP contribution < -0.4 is 5.32 Å². The maximum atomic E-state index is 13.5. The van der Waals surface area contributed by atoms with Crippen molar-refractivity contribution in [1.82, 2.24) is 10.3 Å². The molecule has 2 rings (SSSR count). The Balaban J connectivity index is 2.16. The first-order valence-electron chi connectivity index (χ1n) is 5.26. The van der Waals surface area contributed by atoms with Crippen molar-refractivity contribution in [2.45, 2.75) is 31.3 Å². The molecule has 16 heavy (non-hydrogen) atoms. The number of hydrogen-bond acceptors (Lipinski definition) is 3. The number of pyridine rings is 1. The minimum atomic E-state index is -0.876. The Morgan fingerprint density at radius 2 is 2.38 bits per heavy atom. The van der Waals surface area contributed by atoms with Crippen LogP contribution in [0.5, 0.6) is 0 Å². The number of halogens is 1. The summed E-state index contributed by atoms with van der Waals surface area (Å²) in [5.74, 6) is -1.26. The van der Waals surface area contributed by atoms with Gasteiger partial charge in [-0.1, -0.05) is 0 Å². The Labute approximate surface area is 92.5 Å². The fraction of sp³-hybridized carbons (Fsp3) is 0.455. The van der Waals surface area contributed by atoms with Gasteiger partial charge in [-0.05, 0) is 25.3 Å². The molecule has 86 valence electrons. The first kappa shape index (κ1) is 11.0. The highest BCUT2D eigenvalue weighted by molar-refractivity contribution is 5.73. The molecule has 2 N–H and O–H groups in total. The monoisotopic (exact) mass is 224 g/mol. The van der Waals surface area contributed by atoms with Crippen LogP contribution in [0.3, 0.4) is 0 Å². The lowest BCUT2D eigenvalue weighted by Gasteiger charge is -2.28. The van der Waals surface area contributed by atoms with Gasteiger partial charge in [0, 0.05) is 17.8 Å². The lowest BCUT2D eigenvalue weighted by molar-refractivity contribution is -0.140. The van der Waals surface area contributed by atoms with Gasteiger partial charge in [-0.2, -0.15) is 0 Å². The summed E-state index contributed by atoms with van der Waals surface area (Å²) in [4.78, 5) is 14.5. The van der Waals surface area contributed by atoms with Gasteiger partial charge in [-0.3, -0.25) is 15.1 Å². The standard InChI is InChI=1S/C11H13FN2O2/c12-8-6-13-5-4-7(8)9-2-1-3-10(14-9)11(15)16/h4-6,9-10,14H,1-3H2,(H,15,16). The molecule has 1 aromatic heterocycles. The van der Waals surface area contributed by atoms with E-state index in [0.717, 1.165) is 19.0 Å². The van der Waals surface area contributed by atoms with Gasteiger partial charge in [0.05, 0.1) is 6.20 Å². The fourth-order valence-corrected chi connectivity index (χ4v) is 2.04. The van der Waals surface area contributed by atoms with Crippen LogP contribution in [0.2, 0.25) is 0 Å². The topological polar surface area (TPSA) is 62.2 Å². The first-order valence-corrected chi connectivity index (χ1v) is 5.26. The lowest BCUT2D eigenvalue weighted by atomic mass is 9.94. The van der Waals surface area contributed by atoms with Crippen molar-refractivity contribution in [1.29, 1.82) is 0 Å². The van der Waals surface area contributed by atoms with E-state index < -0.39 is 12.0 Å². The third-order valence-electron chi connectivity index (χ3n) is 2.87. The minimum Gasteiger partial charge on any atom is -0.480 e. The number of aromatic nitrogens is 1. The van der Waals surface area contributed by atoms with E-state index >= 15 is 0 Å². The second-order valence-electron chi connectivity index (χ2n) is 3.94. The van der Waals surface area contributed by atoms with E-state index in [-0.39, 0.29) is 11.9 Å². The molecule has 0 amide bonds. The molecule has 0 spiro atoms. The largest absolute Gasteiger partial charge is 0.480 e. The van der Waals surface area contributed by atoms with Gasteiger partial charge < -0.3 is 5.11 Å². The molecule has 2 unspecified atom stereocenters. The summed E-state index contributed by atoms with van der Waals surface area (Å²) < 4.78 is 13.5. The number of carboxylic acid groups (broad SMARTS) is 1. The van der Waals surface area contributed by atoms with Gasteiger partial charge in [-0.25, -0.2) is 4.39 Å². The molecular formula is C11H13FN2O2. The second-order valence-corrected chi connectivity index (χ2v) is 3.94. The van der Waals surface area contributed by atoms with Crippen LogP contribution in [0.15, 0.2) is 18.5 Å². The SMILES string of the molecule is O=C(O)C1CCCC(c2ccncc2F)N1. The second kappa shape index (κ2) is 4.57. The average molecular weight is 224 g/mol. The zero-order valence-electron chi connectivity index (χ0n) is 8.69. The van der Waals surface area contributed by atoms with Crippen LogP contribution in [0.25, 0.3) is 0 Å². The van der Waals surface area contributed by atoms with Gasteiger partial charge in [0.2, 0.25) is 0 Å². The molecule has 0 radical (unpaired) electrons. The number of rotatable bonds is 2. The Morgan fingerprint density at radius 3 is 3.06 bits per heavy atom. The van der Waals surface area contributed by atoms with E-state index in [1.54, 1.807) is 6.07 Å². The molecule has 4 nitrogen and oxygen atoms in total. The molecule has 2 atom stereocenters. The van der Waals surface area contributed by atoms with Crippen molar-refractivity contribution >= 4 is 5.97 Å². The Bertz CT molecular complexity index is 397. The highest BCUT2D eigenvalue weighted by Gasteiger charge is 2.28. The minimum absolute atomic E-state index is 0.224. The summed E-state index contributed by atoms with van der Waals surface area (Å²) in [7, 11) is 0. The van der Waals surface area contributed by atoms with Crippen molar-refractivity contribution in [3.63, 3.8) is 0 Å². The molecule has 1 aliphatic heterocycles. The van der Waals surface area contributed by atoms with Crippen LogP contribution in [0.1, 0.15) is 30.9 Å². The average Bonchev–Trinajstić information content (AvgIpc) is 2.30. The summed E-state index contributed by atoms with van der Waals surface area (Å²) in [5, 5.41) is 11.8. The van der Waals surface area contributed by atoms with Gasteiger partial charge in [0.25, 0.3) is 0 Å². The molecule has 1 fully saturated rings. The van der Waals surface area contributed by atoms with Crippen LogP contribution in [-0.4, -0.2) is 22.1 Å². The predicted octanol–water partition coefficient (Wildman–Crippen LogP) is 1.49. The van der Waals surface area contributed by atoms with Crippen LogP contribution in [-0.2, 0) is 4.79 Å². The summed E-state index contributed by atoms with van der Waals surface area (Å²) >= 11 is 0. The molecule has 1 aliphatic rings. The normalized spacial score (nSPS) is 25.3. The van der Waals surface area contributed by atoms with Crippen molar-refractivity contribution in [3.8, 4) is 0 Å². The van der Waals surface area contributed by atoms with Gasteiger partial charge >= 0.3 is 5.97 Å². The zero-order chi connectivity index (χ0) is 11.5. The highest BCUT2D eigenvalue weighted by Crippen LogP contribution is 2.26. The number of aliphatic carboxylic acids is 1. The third kappa shape index (κ3) is 2.19. The maximum absolute atomic E-state index is 13.5. The van der Waals surface area contributed by atoms with Crippen LogP contribution in [0.4, 0.5) is 4.39 Å². The van der Waals surface area contributed by atoms with Crippen molar-refractivity contribution in [2.24, 2.45) is 0 Å². The molecule has 0 aromatic carbocycles. The lowest BCUT2D eigenvalue weighted by Crippen LogP contribution is -2.42. The number of nitrogens with zero attached hydrogens (tertiary/aromatic N) is 1. The van der Waals surface area contributed by atoms with E-state index in [4.69, 9.17) is 5.11 Å². The highest BCUT2D eigenvalue weighted by atomic mass is 19.1. The van der Waals surface area contributed by atoms with E-state index in [1.807, 2.05) is 0 Å². The van der Waals surface area contributed by atoms with E-state index in [0.29, 0.717) is 12.0 Å². The Kier molecular flexibility index (Phi) is 3.14. The number of carboxylic acids is 1. The molecule has 1 saturated heterocycles. The Hall–Kier alpha value is -1.49. The summed E-state index contributed by atoms with van der Waals surface area (Å²) in [6.45, 7) is 0. The fourth-order valence-electron chi connectivity index (χ4n) is 2.04. The number of hydrogen-bond donors (Lipinski definition) is 2. The van der Waals surface area contributed by atoms with E-state index in [9.17, 15) is 9.18 Å². The molecule has 0 bridgehead atoms. The smallest absolute Gasteiger partial charge is 0.320 e. The molecular weight excluding hydrogens is 211 g/mol. The number of carbonyl (C=O) groups is 1. The molecule has 5 heteroatoms. The molecule has 2 heterocycles. The van der Waals surface area contributed by atoms with Crippen molar-refractivity contribution < 1.29 is 14.3 Å². The van der Waals surface area contributed by atoms with Crippen molar-refractivity contribution in [2.75, 3.05) is 0 Å². The van der Waals surface area contributed by atoms with Gasteiger partial charge in [-0.15, -0.1) is 0 Å². The van der Waals surface area contributed by atoms with Gasteiger partial charge in [0.15, 0.2) is 0 Å². The first-order chi connectivity index (χ1) is 7.68. The Morgan fingerprint density at radius 1 is 1.56 bits per heavy atom. The maximum Gasteiger partial charge on any atom is 0.320 e. The summed E-state index contributed by atoms with van der Waals surface area (Å²) in [6.07, 6.45) is 4.81. The molecule has 1 aromatic rings. The summed E-state index contributed by atoms with van der Waals surface area (Å²) in [5.41, 5.74) is 0.501. The molecule has 0 aliphatic carbocycles. The zero-order valence-corrected chi connectivity index (χ0v) is 8.69. The van der Waals surface area contributed by atoms with Crippen molar-refractivity contribution in [3.05, 3.63) is 29.8 Å². The predicted molar refractivity (Wildman–Crippen MR) is 55.3 cm³/mol. The van der Waals surface area contributed by atoms with Crippen LogP contribution >= 0.6 is 0 Å². The quantitative estimate of drug-likeness (QED) is 0.798. The van der Waals surface area contributed by atoms with Gasteiger partial charge in [0.1, 0.15) is 11.9 Å². The van der Waals surface area contributed by atoms with E-state index in [1.165, 1.54) is 6.20 Å².